The predicted octanol–water partition coefficient (Wildman–Crippen LogP) is 20.0. The van der Waals surface area contributed by atoms with E-state index in [1.165, 1.54) is 0 Å². The quantitative estimate of drug-likeness (QED) is 0.0728. The van der Waals surface area contributed by atoms with Crippen LogP contribution in [0.25, 0.3) is 22.3 Å². The first-order valence-electron chi connectivity index (χ1n) is 30.6. The molecule has 0 fully saturated rings. The van der Waals surface area contributed by atoms with Crippen LogP contribution in [0.15, 0.2) is 267 Å². The van der Waals surface area contributed by atoms with E-state index in [0.29, 0.717) is 0 Å². The predicted molar refractivity (Wildman–Crippen MR) is 374 cm³/mol. The number of ether oxygens (including phenoxy) is 8. The second kappa shape index (κ2) is 24.9. The lowest BCUT2D eigenvalue weighted by Gasteiger charge is -2.34. The molecular formula is C81H68N4O8. The van der Waals surface area contributed by atoms with Gasteiger partial charge in [-0.2, -0.15) is 0 Å². The second-order valence-electron chi connectivity index (χ2n) is 22.6. The molecule has 460 valence electrons. The summed E-state index contributed by atoms with van der Waals surface area (Å²) < 4.78 is 45.8. The lowest BCUT2D eigenvalue weighted by molar-refractivity contribution is 0.414. The minimum atomic E-state index is -0.925. The average molecular weight is 1230 g/mol. The molecular weight excluding hydrogens is 1160 g/mol. The fraction of sp³-hybridized carbons (Fsp3) is 0.111. The molecule has 12 aromatic carbocycles. The topological polar surface area (TPSA) is 86.8 Å². The molecule has 12 aromatic rings. The van der Waals surface area contributed by atoms with Gasteiger partial charge in [0.15, 0.2) is 0 Å². The van der Waals surface area contributed by atoms with Crippen molar-refractivity contribution in [1.29, 1.82) is 0 Å². The van der Waals surface area contributed by atoms with Crippen LogP contribution in [0.2, 0.25) is 0 Å². The Bertz CT molecular complexity index is 4150. The smallest absolute Gasteiger partial charge is 0.119 e. The molecule has 1 spiro atoms. The molecule has 14 rings (SSSR count). The van der Waals surface area contributed by atoms with E-state index >= 15 is 0 Å². The number of methoxy groups -OCH3 is 8. The van der Waals surface area contributed by atoms with Gasteiger partial charge in [-0.1, -0.05) is 24.3 Å². The van der Waals surface area contributed by atoms with E-state index in [2.05, 4.69) is 189 Å². The summed E-state index contributed by atoms with van der Waals surface area (Å²) in [6.45, 7) is 0. The zero-order valence-corrected chi connectivity index (χ0v) is 53.0. The molecule has 0 heterocycles. The molecule has 0 aliphatic heterocycles. The highest BCUT2D eigenvalue weighted by Gasteiger charge is 2.53. The zero-order valence-electron chi connectivity index (χ0n) is 53.0. The van der Waals surface area contributed by atoms with Gasteiger partial charge in [-0.25, -0.2) is 0 Å². The van der Waals surface area contributed by atoms with Crippen LogP contribution in [0.3, 0.4) is 0 Å². The summed E-state index contributed by atoms with van der Waals surface area (Å²) in [5.74, 6) is 6.09. The molecule has 2 aliphatic rings. The molecule has 2 aliphatic carbocycles. The van der Waals surface area contributed by atoms with E-state index < -0.39 is 5.41 Å². The summed E-state index contributed by atoms with van der Waals surface area (Å²) in [6, 6.07) is 93.8. The molecule has 0 saturated heterocycles. The van der Waals surface area contributed by atoms with Gasteiger partial charge >= 0.3 is 0 Å². The Labute approximate surface area is 542 Å². The molecule has 12 nitrogen and oxygen atoms in total. The lowest BCUT2D eigenvalue weighted by atomic mass is 9.70. The standard InChI is InChI=1S/C81H68N4O8/c1-86-65-29-9-53(10-30-65)82(54-11-31-66(87-2)32-12-54)61-27-47-77-75(49-61)76-50-62(83(55-13-33-67(88-3)34-14-55)56-15-35-68(89-4)36-16-56)28-48-78(76)81(77)79-51-63(84(57-17-37-69(90-5)38-18-57)58-19-39-70(91-6)40-20-58)25-45-73(79)74-46-26-64(52-80(74)81)85(59-21-41-71(92-7)42-22-59)60-23-43-72(93-8)44-24-60/h9-52H,1-8H3. The van der Waals surface area contributed by atoms with Crippen LogP contribution in [0.1, 0.15) is 22.3 Å². The number of nitrogens with zero attached hydrogens (tertiary/aromatic N) is 4. The third-order valence-corrected chi connectivity index (χ3v) is 17.9. The number of anilines is 12. The third-order valence-electron chi connectivity index (χ3n) is 17.9. The first-order chi connectivity index (χ1) is 45.7. The van der Waals surface area contributed by atoms with Gasteiger partial charge in [-0.15, -0.1) is 0 Å². The largest absolute Gasteiger partial charge is 0.497 e. The van der Waals surface area contributed by atoms with E-state index in [1.54, 1.807) is 56.9 Å². The monoisotopic (exact) mass is 1220 g/mol. The van der Waals surface area contributed by atoms with Crippen molar-refractivity contribution < 1.29 is 37.9 Å². The molecule has 0 unspecified atom stereocenters. The highest BCUT2D eigenvalue weighted by atomic mass is 16.5. The highest BCUT2D eigenvalue weighted by molar-refractivity contribution is 6.00. The van der Waals surface area contributed by atoms with Crippen molar-refractivity contribution in [2.45, 2.75) is 5.41 Å². The Morgan fingerprint density at radius 1 is 0.172 bits per heavy atom. The van der Waals surface area contributed by atoms with Crippen molar-refractivity contribution in [2.24, 2.45) is 0 Å². The van der Waals surface area contributed by atoms with Crippen molar-refractivity contribution in [1.82, 2.24) is 0 Å². The average Bonchev–Trinajstić information content (AvgIpc) is 1.51. The van der Waals surface area contributed by atoms with E-state index in [4.69, 9.17) is 37.9 Å². The van der Waals surface area contributed by atoms with Crippen LogP contribution in [0.5, 0.6) is 46.0 Å². The maximum atomic E-state index is 5.73. The normalized spacial score (nSPS) is 12.0. The molecule has 0 radical (unpaired) electrons. The molecule has 0 amide bonds. The van der Waals surface area contributed by atoms with Gasteiger partial charge in [0.1, 0.15) is 46.0 Å². The van der Waals surface area contributed by atoms with Gasteiger partial charge in [0.25, 0.3) is 0 Å². The summed E-state index contributed by atoms with van der Waals surface area (Å²) in [4.78, 5) is 9.21. The highest BCUT2D eigenvalue weighted by Crippen LogP contribution is 2.65. The Kier molecular flexibility index (Phi) is 15.8. The number of fused-ring (bicyclic) bond motifs is 10. The summed E-state index contributed by atoms with van der Waals surface area (Å²) >= 11 is 0. The number of rotatable bonds is 20. The summed E-state index contributed by atoms with van der Waals surface area (Å²) in [7, 11) is 13.6. The van der Waals surface area contributed by atoms with E-state index in [-0.39, 0.29) is 0 Å². The maximum absolute atomic E-state index is 5.73. The number of hydrogen-bond donors (Lipinski definition) is 0. The van der Waals surface area contributed by atoms with Crippen LogP contribution in [0.4, 0.5) is 68.2 Å². The minimum Gasteiger partial charge on any atom is -0.497 e. The molecule has 0 saturated carbocycles. The van der Waals surface area contributed by atoms with Gasteiger partial charge in [0, 0.05) is 68.2 Å². The number of benzene rings is 12. The van der Waals surface area contributed by atoms with Crippen molar-refractivity contribution >= 4 is 68.2 Å². The van der Waals surface area contributed by atoms with E-state index in [1.807, 2.05) is 97.1 Å². The first kappa shape index (κ1) is 58.9. The fourth-order valence-corrected chi connectivity index (χ4v) is 13.4. The SMILES string of the molecule is COc1ccc(N(c2ccc(OC)cc2)c2ccc3c(c2)-c2cc(N(c4ccc(OC)cc4)c4ccc(OC)cc4)ccc2C32c3cc(N(c4ccc(OC)cc4)c4ccc(OC)cc4)ccc3-c3ccc(N(c4ccc(OC)cc4)c4ccc(OC)cc4)cc32)cc1. The Morgan fingerprint density at radius 2 is 0.344 bits per heavy atom. The van der Waals surface area contributed by atoms with Crippen LogP contribution in [-0.2, 0) is 5.41 Å². The summed E-state index contributed by atoms with van der Waals surface area (Å²) in [6.07, 6.45) is 0. The molecule has 12 heteroatoms. The summed E-state index contributed by atoms with van der Waals surface area (Å²) in [5, 5.41) is 0. The van der Waals surface area contributed by atoms with Crippen molar-refractivity contribution in [3.05, 3.63) is 289 Å². The number of hydrogen-bond acceptors (Lipinski definition) is 12. The maximum Gasteiger partial charge on any atom is 0.119 e. The van der Waals surface area contributed by atoms with Crippen molar-refractivity contribution in [3.8, 4) is 68.2 Å². The third kappa shape index (κ3) is 10.5. The molecule has 0 atom stereocenters. The lowest BCUT2D eigenvalue weighted by Crippen LogP contribution is -2.27. The second-order valence-corrected chi connectivity index (χ2v) is 22.6. The fourth-order valence-electron chi connectivity index (χ4n) is 13.4. The zero-order chi connectivity index (χ0) is 63.7. The summed E-state index contributed by atoms with van der Waals surface area (Å²) in [5.41, 5.74) is 19.4. The molecule has 93 heavy (non-hydrogen) atoms. The van der Waals surface area contributed by atoms with Crippen LogP contribution < -0.4 is 57.5 Å². The molecule has 0 N–H and O–H groups in total. The first-order valence-corrected chi connectivity index (χ1v) is 30.6. The van der Waals surface area contributed by atoms with Gasteiger partial charge in [-0.05, 0) is 287 Å². The van der Waals surface area contributed by atoms with Gasteiger partial charge in [0.05, 0.1) is 62.3 Å². The Hall–Kier alpha value is -11.8. The van der Waals surface area contributed by atoms with Gasteiger partial charge in [0.2, 0.25) is 0 Å². The van der Waals surface area contributed by atoms with E-state index in [9.17, 15) is 0 Å². The van der Waals surface area contributed by atoms with Crippen molar-refractivity contribution in [3.63, 3.8) is 0 Å². The Balaban J connectivity index is 1.08. The van der Waals surface area contributed by atoms with Gasteiger partial charge in [-0.3, -0.25) is 0 Å². The van der Waals surface area contributed by atoms with Crippen molar-refractivity contribution in [2.75, 3.05) is 76.5 Å². The van der Waals surface area contributed by atoms with Crippen LogP contribution in [0, 0.1) is 0 Å². The van der Waals surface area contributed by atoms with Crippen LogP contribution >= 0.6 is 0 Å². The molecule has 0 aromatic heterocycles. The molecule has 0 bridgehead atoms. The van der Waals surface area contributed by atoms with Crippen LogP contribution in [-0.4, -0.2) is 56.9 Å². The Morgan fingerprint density at radius 3 is 0.538 bits per heavy atom. The minimum absolute atomic E-state index is 0.761. The van der Waals surface area contributed by atoms with E-state index in [0.717, 1.165) is 159 Å². The van der Waals surface area contributed by atoms with Gasteiger partial charge < -0.3 is 57.5 Å².